The molecule has 3 rings (SSSR count). The Kier molecular flexibility index (Phi) is 5.82. The number of carbonyl (C=O) groups is 1. The summed E-state index contributed by atoms with van der Waals surface area (Å²) in [5, 5.41) is 8.20. The predicted molar refractivity (Wildman–Crippen MR) is 113 cm³/mol. The first-order valence-electron chi connectivity index (χ1n) is 9.74. The number of nitrogens with one attached hydrogen (secondary N) is 1. The van der Waals surface area contributed by atoms with Gasteiger partial charge in [0.2, 0.25) is 0 Å². The molecule has 0 aliphatic carbocycles. The summed E-state index contributed by atoms with van der Waals surface area (Å²) in [7, 11) is 0. The van der Waals surface area contributed by atoms with Crippen LogP contribution in [0.1, 0.15) is 43.7 Å². The first-order valence-corrected chi connectivity index (χ1v) is 9.74. The van der Waals surface area contributed by atoms with Crippen molar-refractivity contribution in [2.45, 2.75) is 39.7 Å². The first kappa shape index (κ1) is 20.7. The second-order valence-corrected chi connectivity index (χ2v) is 8.32. The summed E-state index contributed by atoms with van der Waals surface area (Å²) in [5.41, 5.74) is -0.0889. The normalized spacial score (nSPS) is 11.8. The van der Waals surface area contributed by atoms with Crippen molar-refractivity contribution >= 4 is 16.7 Å². The molecule has 1 heterocycles. The predicted octanol–water partition coefficient (Wildman–Crippen LogP) is 3.90. The Balaban J connectivity index is 1.94. The van der Waals surface area contributed by atoms with Gasteiger partial charge in [-0.1, -0.05) is 64.1 Å². The number of rotatable bonds is 6. The van der Waals surface area contributed by atoms with Gasteiger partial charge in [-0.25, -0.2) is 9.07 Å². The van der Waals surface area contributed by atoms with E-state index in [1.54, 1.807) is 42.5 Å². The fraction of sp³-hybridized carbons (Fsp3) is 0.348. The maximum absolute atomic E-state index is 14.2. The molecule has 0 bridgehead atoms. The van der Waals surface area contributed by atoms with E-state index in [-0.39, 0.29) is 35.4 Å². The van der Waals surface area contributed by atoms with Gasteiger partial charge in [-0.2, -0.15) is 5.10 Å². The summed E-state index contributed by atoms with van der Waals surface area (Å²) in [4.78, 5) is 25.7. The largest absolute Gasteiger partial charge is 0.350 e. The molecule has 0 saturated carbocycles. The van der Waals surface area contributed by atoms with Crippen molar-refractivity contribution in [1.82, 2.24) is 15.1 Å². The molecule has 1 amide bonds. The van der Waals surface area contributed by atoms with Crippen molar-refractivity contribution in [1.29, 1.82) is 0 Å². The molecule has 0 aliphatic heterocycles. The lowest BCUT2D eigenvalue weighted by Crippen LogP contribution is -2.38. The number of hydrogen-bond donors (Lipinski definition) is 1. The monoisotopic (exact) mass is 395 g/mol. The third kappa shape index (κ3) is 4.36. The van der Waals surface area contributed by atoms with E-state index in [4.69, 9.17) is 0 Å². The molecule has 0 unspecified atom stereocenters. The molecule has 29 heavy (non-hydrogen) atoms. The minimum atomic E-state index is -0.608. The van der Waals surface area contributed by atoms with Gasteiger partial charge >= 0.3 is 0 Å². The number of hydrogen-bond acceptors (Lipinski definition) is 3. The van der Waals surface area contributed by atoms with Gasteiger partial charge in [0.25, 0.3) is 11.5 Å². The van der Waals surface area contributed by atoms with Gasteiger partial charge in [-0.05, 0) is 23.6 Å². The van der Waals surface area contributed by atoms with E-state index in [2.05, 4.69) is 10.4 Å². The van der Waals surface area contributed by atoms with E-state index < -0.39 is 5.41 Å². The maximum atomic E-state index is 14.2. The molecule has 0 atom stereocenters. The number of nitrogens with zero attached hydrogens (tertiary/aromatic N) is 2. The van der Waals surface area contributed by atoms with Crippen LogP contribution in [0.2, 0.25) is 0 Å². The minimum Gasteiger partial charge on any atom is -0.350 e. The van der Waals surface area contributed by atoms with Crippen LogP contribution < -0.4 is 10.9 Å². The van der Waals surface area contributed by atoms with Gasteiger partial charge in [-0.3, -0.25) is 9.59 Å². The zero-order valence-electron chi connectivity index (χ0n) is 17.2. The summed E-state index contributed by atoms with van der Waals surface area (Å²) in [5.74, 6) is -0.485. The van der Waals surface area contributed by atoms with Crippen molar-refractivity contribution in [2.75, 3.05) is 6.54 Å². The first-order chi connectivity index (χ1) is 13.7. The van der Waals surface area contributed by atoms with E-state index in [1.807, 2.05) is 27.7 Å². The Morgan fingerprint density at radius 3 is 2.38 bits per heavy atom. The van der Waals surface area contributed by atoms with E-state index in [9.17, 15) is 14.0 Å². The van der Waals surface area contributed by atoms with E-state index in [0.29, 0.717) is 22.9 Å². The summed E-state index contributed by atoms with van der Waals surface area (Å²) in [6.07, 6.45) is 0. The number of halogens is 1. The van der Waals surface area contributed by atoms with Crippen LogP contribution in [0.15, 0.2) is 53.3 Å². The summed E-state index contributed by atoms with van der Waals surface area (Å²) >= 11 is 0. The highest BCUT2D eigenvalue weighted by Gasteiger charge is 2.26. The van der Waals surface area contributed by atoms with Crippen LogP contribution in [0.3, 0.4) is 0 Å². The SMILES string of the molecule is CC(C)Cn1nc(C(=O)NCC(C)(C)c2ccccc2F)c2ccccc2c1=O. The van der Waals surface area contributed by atoms with Crippen LogP contribution >= 0.6 is 0 Å². The van der Waals surface area contributed by atoms with Gasteiger partial charge in [0, 0.05) is 23.9 Å². The standard InChI is InChI=1S/C23H26FN3O2/c1-15(2)13-27-22(29)17-10-6-5-9-16(17)20(26-27)21(28)25-14-23(3,4)18-11-7-8-12-19(18)24/h5-12,15H,13-14H2,1-4H3,(H,25,28). The number of fused-ring (bicyclic) bond motifs is 1. The van der Waals surface area contributed by atoms with Gasteiger partial charge in [0.15, 0.2) is 5.69 Å². The minimum absolute atomic E-state index is 0.199. The highest BCUT2D eigenvalue weighted by atomic mass is 19.1. The lowest BCUT2D eigenvalue weighted by molar-refractivity contribution is 0.0939. The molecule has 3 aromatic rings. The number of benzene rings is 2. The second-order valence-electron chi connectivity index (χ2n) is 8.32. The highest BCUT2D eigenvalue weighted by molar-refractivity contribution is 6.04. The van der Waals surface area contributed by atoms with Crippen LogP contribution in [-0.2, 0) is 12.0 Å². The molecule has 0 spiro atoms. The quantitative estimate of drug-likeness (QED) is 0.689. The topological polar surface area (TPSA) is 64.0 Å². The van der Waals surface area contributed by atoms with Crippen molar-refractivity contribution in [3.63, 3.8) is 0 Å². The van der Waals surface area contributed by atoms with Crippen LogP contribution in [0.25, 0.3) is 10.8 Å². The third-order valence-electron chi connectivity index (χ3n) is 4.91. The van der Waals surface area contributed by atoms with E-state index >= 15 is 0 Å². The molecular formula is C23H26FN3O2. The molecule has 6 heteroatoms. The molecule has 1 aromatic heterocycles. The average Bonchev–Trinajstić information content (AvgIpc) is 2.68. The van der Waals surface area contributed by atoms with Gasteiger partial charge in [0.05, 0.1) is 5.39 Å². The molecular weight excluding hydrogens is 369 g/mol. The molecule has 0 radical (unpaired) electrons. The average molecular weight is 395 g/mol. The zero-order chi connectivity index (χ0) is 21.2. The molecule has 0 aliphatic rings. The molecule has 5 nitrogen and oxygen atoms in total. The van der Waals surface area contributed by atoms with Gasteiger partial charge in [0.1, 0.15) is 5.82 Å². The Morgan fingerprint density at radius 1 is 1.10 bits per heavy atom. The number of amides is 1. The zero-order valence-corrected chi connectivity index (χ0v) is 17.2. The lowest BCUT2D eigenvalue weighted by Gasteiger charge is -2.26. The Bertz CT molecular complexity index is 1100. The molecule has 2 aromatic carbocycles. The third-order valence-corrected chi connectivity index (χ3v) is 4.91. The molecule has 0 saturated heterocycles. The number of aromatic nitrogens is 2. The van der Waals surface area contributed by atoms with Gasteiger partial charge < -0.3 is 5.32 Å². The molecule has 1 N–H and O–H groups in total. The second kappa shape index (κ2) is 8.15. The van der Waals surface area contributed by atoms with Crippen LogP contribution in [0.4, 0.5) is 4.39 Å². The lowest BCUT2D eigenvalue weighted by atomic mass is 9.84. The van der Waals surface area contributed by atoms with E-state index in [1.165, 1.54) is 10.7 Å². The summed E-state index contributed by atoms with van der Waals surface area (Å²) in [6, 6.07) is 13.5. The van der Waals surface area contributed by atoms with Crippen molar-refractivity contribution in [3.8, 4) is 0 Å². The van der Waals surface area contributed by atoms with Crippen molar-refractivity contribution in [3.05, 3.63) is 76.0 Å². The van der Waals surface area contributed by atoms with E-state index in [0.717, 1.165) is 0 Å². The summed E-state index contributed by atoms with van der Waals surface area (Å²) in [6.45, 7) is 8.37. The maximum Gasteiger partial charge on any atom is 0.274 e. The van der Waals surface area contributed by atoms with Crippen LogP contribution in [0, 0.1) is 11.7 Å². The van der Waals surface area contributed by atoms with Gasteiger partial charge in [-0.15, -0.1) is 0 Å². The molecule has 0 fully saturated rings. The number of carbonyl (C=O) groups excluding carboxylic acids is 1. The Hall–Kier alpha value is -3.02. The Morgan fingerprint density at radius 2 is 1.72 bits per heavy atom. The van der Waals surface area contributed by atoms with Crippen LogP contribution in [0.5, 0.6) is 0 Å². The fourth-order valence-electron chi connectivity index (χ4n) is 3.36. The van der Waals surface area contributed by atoms with Crippen molar-refractivity contribution < 1.29 is 9.18 Å². The highest BCUT2D eigenvalue weighted by Crippen LogP contribution is 2.25. The summed E-state index contributed by atoms with van der Waals surface area (Å²) < 4.78 is 15.5. The Labute approximate surface area is 169 Å². The smallest absolute Gasteiger partial charge is 0.274 e. The molecule has 152 valence electrons. The fourth-order valence-corrected chi connectivity index (χ4v) is 3.36. The van der Waals surface area contributed by atoms with Crippen molar-refractivity contribution in [2.24, 2.45) is 5.92 Å². The van der Waals surface area contributed by atoms with Crippen LogP contribution in [-0.4, -0.2) is 22.2 Å².